The first-order chi connectivity index (χ1) is 10.1. The second-order valence-corrected chi connectivity index (χ2v) is 7.34. The Hall–Kier alpha value is -1.12. The van der Waals surface area contributed by atoms with Crippen LogP contribution in [0.3, 0.4) is 0 Å². The smallest absolute Gasteiger partial charge is 0.0391 e. The molecule has 0 saturated carbocycles. The van der Waals surface area contributed by atoms with E-state index < -0.39 is 0 Å². The highest BCUT2D eigenvalue weighted by molar-refractivity contribution is 7.12. The molecule has 2 unspecified atom stereocenters. The second kappa shape index (κ2) is 7.77. The van der Waals surface area contributed by atoms with Crippen LogP contribution in [0.1, 0.15) is 61.5 Å². The fourth-order valence-electron chi connectivity index (χ4n) is 2.66. The van der Waals surface area contributed by atoms with Crippen molar-refractivity contribution in [2.24, 2.45) is 5.92 Å². The van der Waals surface area contributed by atoms with Gasteiger partial charge in [0.15, 0.2) is 0 Å². The summed E-state index contributed by atoms with van der Waals surface area (Å²) < 4.78 is 0. The van der Waals surface area contributed by atoms with Gasteiger partial charge in [-0.05, 0) is 43.4 Å². The van der Waals surface area contributed by atoms with Crippen molar-refractivity contribution in [3.8, 4) is 0 Å². The lowest BCUT2D eigenvalue weighted by atomic mass is 9.96. The van der Waals surface area contributed by atoms with E-state index in [1.165, 1.54) is 21.7 Å². The summed E-state index contributed by atoms with van der Waals surface area (Å²) in [5, 5.41) is 3.83. The molecule has 114 valence electrons. The third kappa shape index (κ3) is 4.69. The minimum Gasteiger partial charge on any atom is -0.303 e. The molecule has 1 N–H and O–H groups in total. The van der Waals surface area contributed by atoms with Crippen LogP contribution in [0.25, 0.3) is 0 Å². The molecule has 0 aliphatic rings. The van der Waals surface area contributed by atoms with Gasteiger partial charge in [0, 0.05) is 21.8 Å². The van der Waals surface area contributed by atoms with Crippen molar-refractivity contribution < 1.29 is 0 Å². The zero-order valence-electron chi connectivity index (χ0n) is 13.6. The fourth-order valence-corrected chi connectivity index (χ4v) is 3.62. The minimum absolute atomic E-state index is 0.402. The molecule has 1 heterocycles. The first-order valence-electron chi connectivity index (χ1n) is 7.99. The van der Waals surface area contributed by atoms with Crippen molar-refractivity contribution in [1.82, 2.24) is 5.32 Å². The van der Waals surface area contributed by atoms with Crippen LogP contribution in [0.2, 0.25) is 0 Å². The topological polar surface area (TPSA) is 12.0 Å². The molecule has 0 saturated heterocycles. The highest BCUT2D eigenvalue weighted by Gasteiger charge is 2.17. The average molecular weight is 301 g/mol. The number of nitrogens with one attached hydrogen (secondary N) is 1. The third-order valence-electron chi connectivity index (χ3n) is 3.82. The molecule has 1 aromatic carbocycles. The van der Waals surface area contributed by atoms with Crippen LogP contribution in [-0.2, 0) is 6.42 Å². The van der Waals surface area contributed by atoms with Gasteiger partial charge >= 0.3 is 0 Å². The predicted molar refractivity (Wildman–Crippen MR) is 93.9 cm³/mol. The molecular weight excluding hydrogens is 274 g/mol. The maximum atomic E-state index is 3.83. The lowest BCUT2D eigenvalue weighted by Crippen LogP contribution is -2.25. The lowest BCUT2D eigenvalue weighted by Gasteiger charge is -2.25. The molecule has 0 spiro atoms. The van der Waals surface area contributed by atoms with E-state index in [1.54, 1.807) is 0 Å². The Morgan fingerprint density at radius 3 is 2.29 bits per heavy atom. The molecule has 2 atom stereocenters. The molecule has 2 rings (SSSR count). The van der Waals surface area contributed by atoms with E-state index in [1.807, 2.05) is 11.3 Å². The molecule has 0 radical (unpaired) electrons. The van der Waals surface area contributed by atoms with E-state index in [2.05, 4.69) is 75.5 Å². The molecule has 0 aliphatic carbocycles. The molecule has 0 amide bonds. The van der Waals surface area contributed by atoms with Crippen molar-refractivity contribution in [3.05, 3.63) is 57.8 Å². The molecule has 0 bridgehead atoms. The van der Waals surface area contributed by atoms with Gasteiger partial charge in [0.1, 0.15) is 0 Å². The van der Waals surface area contributed by atoms with E-state index in [9.17, 15) is 0 Å². The molecule has 2 aromatic rings. The Labute approximate surface area is 133 Å². The maximum Gasteiger partial charge on any atom is 0.0391 e. The Morgan fingerprint density at radius 2 is 1.71 bits per heavy atom. The van der Waals surface area contributed by atoms with Gasteiger partial charge in [-0.15, -0.1) is 11.3 Å². The van der Waals surface area contributed by atoms with E-state index in [0.29, 0.717) is 18.0 Å². The molecule has 1 nitrogen and oxygen atoms in total. The zero-order chi connectivity index (χ0) is 15.2. The maximum absolute atomic E-state index is 3.83. The molecule has 21 heavy (non-hydrogen) atoms. The number of rotatable bonds is 7. The van der Waals surface area contributed by atoms with Crippen molar-refractivity contribution in [1.29, 1.82) is 0 Å². The molecule has 1 aromatic heterocycles. The van der Waals surface area contributed by atoms with Crippen molar-refractivity contribution in [2.75, 3.05) is 0 Å². The number of hydrogen-bond acceptors (Lipinski definition) is 2. The Balaban J connectivity index is 2.11. The largest absolute Gasteiger partial charge is 0.303 e. The average Bonchev–Trinajstić information content (AvgIpc) is 2.96. The van der Waals surface area contributed by atoms with Crippen molar-refractivity contribution in [2.45, 2.75) is 52.6 Å². The summed E-state index contributed by atoms with van der Waals surface area (Å²) in [7, 11) is 0. The predicted octanol–water partition coefficient (Wildman–Crippen LogP) is 5.75. The summed E-state index contributed by atoms with van der Waals surface area (Å²) in [5.41, 5.74) is 1.39. The lowest BCUT2D eigenvalue weighted by molar-refractivity contribution is 0.396. The number of aryl methyl sites for hydroxylation is 1. The highest BCUT2D eigenvalue weighted by Crippen LogP contribution is 2.28. The third-order valence-corrected chi connectivity index (χ3v) is 5.23. The van der Waals surface area contributed by atoms with Crippen LogP contribution >= 0.6 is 11.3 Å². The van der Waals surface area contributed by atoms with E-state index in [-0.39, 0.29) is 0 Å². The van der Waals surface area contributed by atoms with Gasteiger partial charge in [-0.3, -0.25) is 0 Å². The number of thiophene rings is 1. The van der Waals surface area contributed by atoms with Crippen molar-refractivity contribution in [3.63, 3.8) is 0 Å². The number of hydrogen-bond donors (Lipinski definition) is 1. The summed E-state index contributed by atoms with van der Waals surface area (Å²) in [4.78, 5) is 2.91. The van der Waals surface area contributed by atoms with Crippen LogP contribution in [0.5, 0.6) is 0 Å². The van der Waals surface area contributed by atoms with Crippen LogP contribution in [0, 0.1) is 5.92 Å². The van der Waals surface area contributed by atoms with Crippen LogP contribution < -0.4 is 5.32 Å². The van der Waals surface area contributed by atoms with Gasteiger partial charge in [-0.1, -0.05) is 51.1 Å². The fraction of sp³-hybridized carbons (Fsp3) is 0.474. The van der Waals surface area contributed by atoms with Crippen LogP contribution in [0.4, 0.5) is 0 Å². The van der Waals surface area contributed by atoms with Gasteiger partial charge in [0.05, 0.1) is 0 Å². The van der Waals surface area contributed by atoms with Gasteiger partial charge in [-0.2, -0.15) is 0 Å². The zero-order valence-corrected chi connectivity index (χ0v) is 14.4. The first kappa shape index (κ1) is 16.3. The normalized spacial score (nSPS) is 14.3. The van der Waals surface area contributed by atoms with Gasteiger partial charge < -0.3 is 5.32 Å². The number of benzene rings is 1. The van der Waals surface area contributed by atoms with Crippen molar-refractivity contribution >= 4 is 11.3 Å². The summed E-state index contributed by atoms with van der Waals surface area (Å²) in [6.45, 7) is 9.09. The molecule has 2 heteroatoms. The van der Waals surface area contributed by atoms with Gasteiger partial charge in [0.2, 0.25) is 0 Å². The van der Waals surface area contributed by atoms with E-state index >= 15 is 0 Å². The van der Waals surface area contributed by atoms with Crippen LogP contribution in [0.15, 0.2) is 42.5 Å². The summed E-state index contributed by atoms with van der Waals surface area (Å²) in [5.74, 6) is 0.685. The standard InChI is InChI=1S/C19H27NS/c1-5-17-11-12-19(21-17)15(4)20-18(13-14(2)3)16-9-7-6-8-10-16/h6-12,14-15,18,20H,5,13H2,1-4H3. The van der Waals surface area contributed by atoms with E-state index in [4.69, 9.17) is 0 Å². The molecular formula is C19H27NS. The molecule has 0 aliphatic heterocycles. The highest BCUT2D eigenvalue weighted by atomic mass is 32.1. The summed E-state index contributed by atoms with van der Waals surface area (Å²) >= 11 is 1.93. The van der Waals surface area contributed by atoms with Gasteiger partial charge in [-0.25, -0.2) is 0 Å². The Bertz CT molecular complexity index is 530. The first-order valence-corrected chi connectivity index (χ1v) is 8.81. The summed E-state index contributed by atoms with van der Waals surface area (Å²) in [6, 6.07) is 16.2. The van der Waals surface area contributed by atoms with Gasteiger partial charge in [0.25, 0.3) is 0 Å². The molecule has 0 fully saturated rings. The summed E-state index contributed by atoms with van der Waals surface area (Å²) in [6.07, 6.45) is 2.30. The quantitative estimate of drug-likeness (QED) is 0.686. The minimum atomic E-state index is 0.402. The Kier molecular flexibility index (Phi) is 6.01. The monoisotopic (exact) mass is 301 g/mol. The second-order valence-electron chi connectivity index (χ2n) is 6.14. The van der Waals surface area contributed by atoms with Crippen LogP contribution in [-0.4, -0.2) is 0 Å². The van der Waals surface area contributed by atoms with E-state index in [0.717, 1.165) is 6.42 Å². The Morgan fingerprint density at radius 1 is 1.00 bits per heavy atom. The SMILES string of the molecule is CCc1ccc(C(C)NC(CC(C)C)c2ccccc2)s1.